The number of hydrogen-bond acceptors (Lipinski definition) is 1. The average molecular weight is 182 g/mol. The van der Waals surface area contributed by atoms with Crippen LogP contribution in [0.5, 0.6) is 0 Å². The zero-order valence-electron chi connectivity index (χ0n) is 8.60. The summed E-state index contributed by atoms with van der Waals surface area (Å²) in [6.45, 7) is 0. The van der Waals surface area contributed by atoms with Crippen molar-refractivity contribution in [3.05, 3.63) is 0 Å². The Kier molecular flexibility index (Phi) is 2.92. The van der Waals surface area contributed by atoms with Gasteiger partial charge in [-0.15, -0.1) is 0 Å². The van der Waals surface area contributed by atoms with E-state index in [4.69, 9.17) is 0 Å². The molecule has 1 unspecified atom stereocenters. The van der Waals surface area contributed by atoms with Crippen LogP contribution in [0.2, 0.25) is 0 Å². The fraction of sp³-hybridized carbons (Fsp3) is 1.00. The first-order valence-corrected chi connectivity index (χ1v) is 6.02. The monoisotopic (exact) mass is 182 g/mol. The van der Waals surface area contributed by atoms with Gasteiger partial charge in [-0.3, -0.25) is 0 Å². The van der Waals surface area contributed by atoms with Gasteiger partial charge in [0.25, 0.3) is 0 Å². The third-order valence-corrected chi connectivity index (χ3v) is 4.21. The Morgan fingerprint density at radius 1 is 0.769 bits per heavy atom. The normalized spacial score (nSPS) is 34.4. The van der Waals surface area contributed by atoms with Crippen LogP contribution in [-0.2, 0) is 0 Å². The molecule has 1 heteroatoms. The van der Waals surface area contributed by atoms with E-state index in [0.717, 1.165) is 6.42 Å². The van der Waals surface area contributed by atoms with Gasteiger partial charge < -0.3 is 5.11 Å². The maximum absolute atomic E-state index is 10.1. The minimum Gasteiger partial charge on any atom is -0.393 e. The lowest BCUT2D eigenvalue weighted by Crippen LogP contribution is -2.37. The zero-order chi connectivity index (χ0) is 9.15. The van der Waals surface area contributed by atoms with Crippen LogP contribution in [0.3, 0.4) is 0 Å². The molecule has 1 N–H and O–H groups in total. The minimum absolute atomic E-state index is 0.0272. The molecule has 0 saturated heterocycles. The van der Waals surface area contributed by atoms with Crippen molar-refractivity contribution in [1.29, 1.82) is 0 Å². The Hall–Kier alpha value is -0.0400. The van der Waals surface area contributed by atoms with E-state index in [1.807, 2.05) is 0 Å². The number of aliphatic hydroxyl groups excluding tert-OH is 1. The van der Waals surface area contributed by atoms with Crippen molar-refractivity contribution < 1.29 is 5.11 Å². The predicted molar refractivity (Wildman–Crippen MR) is 54.6 cm³/mol. The summed E-state index contributed by atoms with van der Waals surface area (Å²) in [6.07, 6.45) is 13.1. The molecule has 1 nitrogen and oxygen atoms in total. The Labute approximate surface area is 81.5 Å². The van der Waals surface area contributed by atoms with Crippen LogP contribution >= 0.6 is 0 Å². The first kappa shape index (κ1) is 9.51. The molecular formula is C12H22O. The Morgan fingerprint density at radius 3 is 1.85 bits per heavy atom. The van der Waals surface area contributed by atoms with Crippen molar-refractivity contribution in [2.24, 2.45) is 5.41 Å². The maximum atomic E-state index is 10.1. The molecule has 2 rings (SSSR count). The van der Waals surface area contributed by atoms with Gasteiger partial charge in [0.15, 0.2) is 0 Å². The van der Waals surface area contributed by atoms with Crippen LogP contribution in [0, 0.1) is 5.41 Å². The first-order chi connectivity index (χ1) is 6.33. The van der Waals surface area contributed by atoms with Gasteiger partial charge in [0.2, 0.25) is 0 Å². The van der Waals surface area contributed by atoms with Gasteiger partial charge in [0.1, 0.15) is 0 Å². The van der Waals surface area contributed by atoms with Crippen LogP contribution in [0.25, 0.3) is 0 Å². The summed E-state index contributed by atoms with van der Waals surface area (Å²) < 4.78 is 0. The second-order valence-electron chi connectivity index (χ2n) is 5.04. The molecule has 0 amide bonds. The molecule has 0 heterocycles. The molecule has 0 aromatic heterocycles. The summed E-state index contributed by atoms with van der Waals surface area (Å²) in [5.74, 6) is 0. The fourth-order valence-electron chi connectivity index (χ4n) is 3.30. The summed E-state index contributed by atoms with van der Waals surface area (Å²) in [6, 6.07) is 0. The summed E-state index contributed by atoms with van der Waals surface area (Å²) >= 11 is 0. The second kappa shape index (κ2) is 4.00. The molecule has 1 spiro atoms. The van der Waals surface area contributed by atoms with Crippen molar-refractivity contribution in [3.63, 3.8) is 0 Å². The highest BCUT2D eigenvalue weighted by atomic mass is 16.3. The zero-order valence-corrected chi connectivity index (χ0v) is 8.60. The van der Waals surface area contributed by atoms with Gasteiger partial charge >= 0.3 is 0 Å². The van der Waals surface area contributed by atoms with Crippen molar-refractivity contribution >= 4 is 0 Å². The molecule has 2 aliphatic carbocycles. The van der Waals surface area contributed by atoms with Crippen molar-refractivity contribution in [1.82, 2.24) is 0 Å². The molecule has 2 aliphatic rings. The fourth-order valence-corrected chi connectivity index (χ4v) is 3.30. The van der Waals surface area contributed by atoms with E-state index < -0.39 is 0 Å². The minimum atomic E-state index is 0.0272. The summed E-state index contributed by atoms with van der Waals surface area (Å²) in [7, 11) is 0. The van der Waals surface area contributed by atoms with E-state index in [1.165, 1.54) is 57.8 Å². The van der Waals surface area contributed by atoms with Gasteiger partial charge in [-0.2, -0.15) is 0 Å². The highest BCUT2D eigenvalue weighted by Crippen LogP contribution is 2.46. The van der Waals surface area contributed by atoms with Crippen LogP contribution in [-0.4, -0.2) is 11.2 Å². The largest absolute Gasteiger partial charge is 0.393 e. The lowest BCUT2D eigenvalue weighted by Gasteiger charge is -2.41. The van der Waals surface area contributed by atoms with Crippen molar-refractivity contribution in [3.8, 4) is 0 Å². The maximum Gasteiger partial charge on any atom is 0.0596 e. The predicted octanol–water partition coefficient (Wildman–Crippen LogP) is 3.26. The first-order valence-electron chi connectivity index (χ1n) is 6.02. The molecular weight excluding hydrogens is 160 g/mol. The number of rotatable bonds is 0. The summed E-state index contributed by atoms with van der Waals surface area (Å²) in [5.41, 5.74) is 0.356. The van der Waals surface area contributed by atoms with E-state index in [2.05, 4.69) is 0 Å². The van der Waals surface area contributed by atoms with Crippen LogP contribution in [0.4, 0.5) is 0 Å². The van der Waals surface area contributed by atoms with E-state index >= 15 is 0 Å². The van der Waals surface area contributed by atoms with E-state index in [1.54, 1.807) is 0 Å². The standard InChI is InChI=1S/C12H22O/c13-11-7-3-6-10-12(11)8-4-1-2-5-9-12/h11,13H,1-10H2. The highest BCUT2D eigenvalue weighted by Gasteiger charge is 2.39. The SMILES string of the molecule is OC1CCCCC12CCCCCC2. The molecule has 2 fully saturated rings. The summed E-state index contributed by atoms with van der Waals surface area (Å²) in [5, 5.41) is 10.1. The van der Waals surface area contributed by atoms with Gasteiger partial charge in [-0.1, -0.05) is 38.5 Å². The van der Waals surface area contributed by atoms with Gasteiger partial charge in [-0.05, 0) is 31.1 Å². The van der Waals surface area contributed by atoms with Crippen LogP contribution < -0.4 is 0 Å². The molecule has 2 saturated carbocycles. The average Bonchev–Trinajstić information content (AvgIpc) is 2.37. The molecule has 76 valence electrons. The molecule has 0 aliphatic heterocycles. The second-order valence-corrected chi connectivity index (χ2v) is 5.04. The van der Waals surface area contributed by atoms with Gasteiger partial charge in [-0.25, -0.2) is 0 Å². The molecule has 0 radical (unpaired) electrons. The van der Waals surface area contributed by atoms with Gasteiger partial charge in [0.05, 0.1) is 6.10 Å². The lowest BCUT2D eigenvalue weighted by molar-refractivity contribution is -0.0225. The smallest absolute Gasteiger partial charge is 0.0596 e. The number of hydrogen-bond donors (Lipinski definition) is 1. The van der Waals surface area contributed by atoms with Crippen LogP contribution in [0.1, 0.15) is 64.2 Å². The van der Waals surface area contributed by atoms with Crippen molar-refractivity contribution in [2.45, 2.75) is 70.3 Å². The highest BCUT2D eigenvalue weighted by molar-refractivity contribution is 4.90. The third-order valence-electron chi connectivity index (χ3n) is 4.21. The lowest BCUT2D eigenvalue weighted by atomic mass is 9.67. The van der Waals surface area contributed by atoms with Crippen LogP contribution in [0.15, 0.2) is 0 Å². The molecule has 0 aromatic rings. The number of aliphatic hydroxyl groups is 1. The molecule has 1 atom stereocenters. The third kappa shape index (κ3) is 1.90. The quantitative estimate of drug-likeness (QED) is 0.609. The Morgan fingerprint density at radius 2 is 1.31 bits per heavy atom. The topological polar surface area (TPSA) is 20.2 Å². The Bertz CT molecular complexity index is 157. The summed E-state index contributed by atoms with van der Waals surface area (Å²) in [4.78, 5) is 0. The molecule has 13 heavy (non-hydrogen) atoms. The molecule has 0 aromatic carbocycles. The van der Waals surface area contributed by atoms with Crippen molar-refractivity contribution in [2.75, 3.05) is 0 Å². The van der Waals surface area contributed by atoms with E-state index in [9.17, 15) is 5.11 Å². The van der Waals surface area contributed by atoms with E-state index in [0.29, 0.717) is 5.41 Å². The van der Waals surface area contributed by atoms with Gasteiger partial charge in [0, 0.05) is 0 Å². The Balaban J connectivity index is 2.05. The van der Waals surface area contributed by atoms with E-state index in [-0.39, 0.29) is 6.10 Å². The molecule has 0 bridgehead atoms.